The van der Waals surface area contributed by atoms with E-state index in [-0.39, 0.29) is 9.76 Å². The van der Waals surface area contributed by atoms with Crippen LogP contribution in [-0.2, 0) is 11.2 Å². The number of aliphatic carboxylic acids is 1. The minimum Gasteiger partial charge on any atom is -0.477 e. The first kappa shape index (κ1) is 17.0. The van der Waals surface area contributed by atoms with Crippen LogP contribution in [0.3, 0.4) is 0 Å². The van der Waals surface area contributed by atoms with Gasteiger partial charge in [0, 0.05) is 5.69 Å². The number of carboxylic acid groups (broad SMARTS) is 1. The van der Waals surface area contributed by atoms with E-state index in [9.17, 15) is 9.90 Å². The highest BCUT2D eigenvalue weighted by Gasteiger charge is 2.32. The normalized spacial score (nSPS) is 16.5. The highest BCUT2D eigenvalue weighted by molar-refractivity contribution is 14.1. The van der Waals surface area contributed by atoms with Crippen LogP contribution in [0.1, 0.15) is 25.3 Å². The van der Waals surface area contributed by atoms with Gasteiger partial charge in [-0.1, -0.05) is 60.2 Å². The van der Waals surface area contributed by atoms with Gasteiger partial charge in [0.2, 0.25) is 0 Å². The van der Waals surface area contributed by atoms with Gasteiger partial charge in [-0.25, -0.2) is 9.79 Å². The largest absolute Gasteiger partial charge is 0.477 e. The molecule has 24 heavy (non-hydrogen) atoms. The van der Waals surface area contributed by atoms with E-state index in [1.807, 2.05) is 29.2 Å². The summed E-state index contributed by atoms with van der Waals surface area (Å²) in [5, 5.41) is 9.48. The van der Waals surface area contributed by atoms with Crippen LogP contribution in [0.2, 0.25) is 0 Å². The molecule has 0 bridgehead atoms. The maximum Gasteiger partial charge on any atom is 0.353 e. The second-order valence-electron chi connectivity index (χ2n) is 5.77. The van der Waals surface area contributed by atoms with Gasteiger partial charge < -0.3 is 10.0 Å². The van der Waals surface area contributed by atoms with Crippen LogP contribution < -0.4 is 4.90 Å². The van der Waals surface area contributed by atoms with Crippen molar-refractivity contribution >= 4 is 51.3 Å². The number of benzene rings is 2. The van der Waals surface area contributed by atoms with Crippen molar-refractivity contribution in [3.8, 4) is 0 Å². The topological polar surface area (TPSA) is 52.9 Å². The van der Waals surface area contributed by atoms with E-state index in [1.165, 1.54) is 18.4 Å². The molecule has 0 saturated carbocycles. The zero-order valence-corrected chi connectivity index (χ0v) is 15.6. The van der Waals surface area contributed by atoms with Crippen molar-refractivity contribution < 1.29 is 9.90 Å². The number of para-hydroxylation sites is 2. The number of hydrogen-bond acceptors (Lipinski definition) is 3. The summed E-state index contributed by atoms with van der Waals surface area (Å²) in [6, 6.07) is 16.0. The number of aliphatic imine (C=N–C) groups is 1. The number of hydrogen-bond donors (Lipinski definition) is 1. The average Bonchev–Trinajstić information content (AvgIpc) is 2.60. The first-order valence-electron chi connectivity index (χ1n) is 8.05. The first-order chi connectivity index (χ1) is 11.6. The van der Waals surface area contributed by atoms with E-state index >= 15 is 0 Å². The smallest absolute Gasteiger partial charge is 0.353 e. The lowest BCUT2D eigenvalue weighted by Gasteiger charge is -2.34. The van der Waals surface area contributed by atoms with Crippen LogP contribution >= 0.6 is 22.6 Å². The van der Waals surface area contributed by atoms with Gasteiger partial charge in [0.15, 0.2) is 5.71 Å². The summed E-state index contributed by atoms with van der Waals surface area (Å²) < 4.78 is -0.350. The van der Waals surface area contributed by atoms with Crippen LogP contribution in [0.4, 0.5) is 17.1 Å². The molecule has 1 N–H and O–H groups in total. The molecule has 0 spiro atoms. The average molecular weight is 434 g/mol. The molecule has 1 atom stereocenters. The summed E-state index contributed by atoms with van der Waals surface area (Å²) in [4.78, 5) is 17.9. The Morgan fingerprint density at radius 3 is 2.58 bits per heavy atom. The summed E-state index contributed by atoms with van der Waals surface area (Å²) in [7, 11) is 0. The number of carbonyl (C=O) groups is 1. The van der Waals surface area contributed by atoms with Crippen molar-refractivity contribution in [2.45, 2.75) is 30.2 Å². The first-order valence-corrected chi connectivity index (χ1v) is 9.29. The SMILES string of the molecule is CCCCc1ccc(N2c3ccccc3N=C(C(=O)O)C2I)cc1. The molecule has 1 aliphatic rings. The Balaban J connectivity index is 2.00. The Hall–Kier alpha value is -1.89. The second kappa shape index (κ2) is 7.34. The zero-order chi connectivity index (χ0) is 17.1. The number of anilines is 2. The Kier molecular flexibility index (Phi) is 5.18. The van der Waals surface area contributed by atoms with Gasteiger partial charge in [-0.15, -0.1) is 0 Å². The number of nitrogens with zero attached hydrogens (tertiary/aromatic N) is 2. The molecule has 0 amide bonds. The molecule has 1 heterocycles. The van der Waals surface area contributed by atoms with Gasteiger partial charge in [-0.3, -0.25) is 0 Å². The third kappa shape index (κ3) is 3.31. The lowest BCUT2D eigenvalue weighted by molar-refractivity contribution is -0.129. The number of aryl methyl sites for hydroxylation is 1. The molecule has 124 valence electrons. The maximum atomic E-state index is 11.6. The van der Waals surface area contributed by atoms with Crippen LogP contribution in [0.5, 0.6) is 0 Å². The van der Waals surface area contributed by atoms with Crippen molar-refractivity contribution in [3.05, 3.63) is 54.1 Å². The molecule has 0 saturated heterocycles. The van der Waals surface area contributed by atoms with Gasteiger partial charge in [-0.2, -0.15) is 0 Å². The zero-order valence-electron chi connectivity index (χ0n) is 13.4. The van der Waals surface area contributed by atoms with Crippen molar-refractivity contribution in [3.63, 3.8) is 0 Å². The Morgan fingerprint density at radius 1 is 1.21 bits per heavy atom. The molecular formula is C19H19IN2O2. The van der Waals surface area contributed by atoms with Crippen molar-refractivity contribution in [1.82, 2.24) is 0 Å². The van der Waals surface area contributed by atoms with Crippen LogP contribution in [0.25, 0.3) is 0 Å². The van der Waals surface area contributed by atoms with E-state index in [2.05, 4.69) is 58.8 Å². The van der Waals surface area contributed by atoms with Gasteiger partial charge in [0.05, 0.1) is 11.4 Å². The van der Waals surface area contributed by atoms with Gasteiger partial charge in [0.1, 0.15) is 4.05 Å². The molecule has 3 rings (SSSR count). The van der Waals surface area contributed by atoms with Crippen molar-refractivity contribution in [2.24, 2.45) is 4.99 Å². The van der Waals surface area contributed by atoms with Crippen molar-refractivity contribution in [2.75, 3.05) is 4.90 Å². The predicted octanol–water partition coefficient (Wildman–Crippen LogP) is 5.10. The molecule has 1 aliphatic heterocycles. The highest BCUT2D eigenvalue weighted by atomic mass is 127. The molecule has 0 radical (unpaired) electrons. The molecule has 1 unspecified atom stereocenters. The predicted molar refractivity (Wildman–Crippen MR) is 106 cm³/mol. The number of alkyl halides is 1. The summed E-state index contributed by atoms with van der Waals surface area (Å²) in [6.07, 6.45) is 3.43. The third-order valence-electron chi connectivity index (χ3n) is 4.09. The van der Waals surface area contributed by atoms with Crippen molar-refractivity contribution in [1.29, 1.82) is 0 Å². The van der Waals surface area contributed by atoms with Crippen LogP contribution in [-0.4, -0.2) is 20.8 Å². The summed E-state index contributed by atoms with van der Waals surface area (Å²) in [5.41, 5.74) is 4.07. The number of rotatable bonds is 5. The maximum absolute atomic E-state index is 11.6. The summed E-state index contributed by atoms with van der Waals surface area (Å²) >= 11 is 2.14. The Labute approximate surface area is 155 Å². The lowest BCUT2D eigenvalue weighted by Crippen LogP contribution is -2.39. The Morgan fingerprint density at radius 2 is 1.92 bits per heavy atom. The summed E-state index contributed by atoms with van der Waals surface area (Å²) in [6.45, 7) is 2.19. The molecule has 0 aliphatic carbocycles. The van der Waals surface area contributed by atoms with Crippen LogP contribution in [0, 0.1) is 0 Å². The molecule has 0 fully saturated rings. The highest BCUT2D eigenvalue weighted by Crippen LogP contribution is 2.41. The molecule has 2 aromatic carbocycles. The number of unbranched alkanes of at least 4 members (excludes halogenated alkanes) is 1. The second-order valence-corrected chi connectivity index (χ2v) is 6.95. The number of carboxylic acids is 1. The molecule has 5 heteroatoms. The minimum absolute atomic E-state index is 0.157. The van der Waals surface area contributed by atoms with Gasteiger partial charge in [0.25, 0.3) is 0 Å². The van der Waals surface area contributed by atoms with E-state index in [0.717, 1.165) is 17.8 Å². The molecular weight excluding hydrogens is 415 g/mol. The van der Waals surface area contributed by atoms with Crippen LogP contribution in [0.15, 0.2) is 53.5 Å². The summed E-state index contributed by atoms with van der Waals surface area (Å²) in [5.74, 6) is -0.978. The van der Waals surface area contributed by atoms with E-state index in [4.69, 9.17) is 0 Å². The third-order valence-corrected chi connectivity index (χ3v) is 5.23. The fourth-order valence-electron chi connectivity index (χ4n) is 2.81. The fraction of sp³-hybridized carbons (Fsp3) is 0.263. The number of halogens is 1. The molecule has 2 aromatic rings. The molecule has 4 nitrogen and oxygen atoms in total. The number of fused-ring (bicyclic) bond motifs is 1. The van der Waals surface area contributed by atoms with E-state index in [0.29, 0.717) is 5.69 Å². The van der Waals surface area contributed by atoms with Gasteiger partial charge >= 0.3 is 5.97 Å². The fourth-order valence-corrected chi connectivity index (χ4v) is 3.84. The quantitative estimate of drug-likeness (QED) is 0.405. The Bertz CT molecular complexity index is 771. The molecule has 0 aromatic heterocycles. The minimum atomic E-state index is -0.978. The lowest BCUT2D eigenvalue weighted by atomic mass is 10.1. The standard InChI is InChI=1S/C19H19IN2O2/c1-2-3-6-13-9-11-14(12-10-13)22-16-8-5-4-7-15(16)21-17(18(22)20)19(23)24/h4-5,7-12,18H,2-3,6H2,1H3,(H,23,24). The monoisotopic (exact) mass is 434 g/mol. The van der Waals surface area contributed by atoms with Gasteiger partial charge in [-0.05, 0) is 42.7 Å². The van der Waals surface area contributed by atoms with E-state index in [1.54, 1.807) is 0 Å². The van der Waals surface area contributed by atoms with E-state index < -0.39 is 5.97 Å².